The van der Waals surface area contributed by atoms with E-state index in [1.807, 2.05) is 37.3 Å². The maximum absolute atomic E-state index is 12.0. The molecule has 0 aromatic heterocycles. The quantitative estimate of drug-likeness (QED) is 0.822. The number of benzene rings is 1. The van der Waals surface area contributed by atoms with Crippen molar-refractivity contribution < 1.29 is 4.79 Å². The van der Waals surface area contributed by atoms with Gasteiger partial charge in [0.15, 0.2) is 0 Å². The number of rotatable bonds is 5. The lowest BCUT2D eigenvalue weighted by atomic mass is 9.94. The first-order valence-electron chi connectivity index (χ1n) is 6.15. The highest BCUT2D eigenvalue weighted by Gasteiger charge is 2.25. The number of amides is 1. The average Bonchev–Trinajstić information content (AvgIpc) is 2.38. The summed E-state index contributed by atoms with van der Waals surface area (Å²) in [7, 11) is 0. The molecule has 0 aliphatic rings. The van der Waals surface area contributed by atoms with Gasteiger partial charge in [0.25, 0.3) is 0 Å². The molecular formula is C14H22N2O. The Morgan fingerprint density at radius 2 is 1.82 bits per heavy atom. The molecule has 0 radical (unpaired) electrons. The molecule has 0 unspecified atom stereocenters. The monoisotopic (exact) mass is 234 g/mol. The van der Waals surface area contributed by atoms with Crippen LogP contribution in [0.3, 0.4) is 0 Å². The van der Waals surface area contributed by atoms with Gasteiger partial charge in [0, 0.05) is 5.54 Å². The molecule has 3 nitrogen and oxygen atoms in total. The first-order valence-corrected chi connectivity index (χ1v) is 6.15. The SMILES string of the molecule is CCC(C)(CC)NC(=O)[C@@H](N)c1ccccc1. The zero-order valence-corrected chi connectivity index (χ0v) is 10.9. The zero-order chi connectivity index (χ0) is 12.9. The molecule has 0 saturated carbocycles. The molecule has 0 aliphatic carbocycles. The van der Waals surface area contributed by atoms with E-state index in [-0.39, 0.29) is 11.4 Å². The number of nitrogens with one attached hydrogen (secondary N) is 1. The van der Waals surface area contributed by atoms with E-state index in [0.29, 0.717) is 0 Å². The highest BCUT2D eigenvalue weighted by atomic mass is 16.2. The van der Waals surface area contributed by atoms with Crippen LogP contribution in [-0.2, 0) is 4.79 Å². The Labute approximate surface area is 103 Å². The summed E-state index contributed by atoms with van der Waals surface area (Å²) in [6.45, 7) is 6.18. The van der Waals surface area contributed by atoms with Gasteiger partial charge in [0.05, 0.1) is 0 Å². The Morgan fingerprint density at radius 3 is 2.29 bits per heavy atom. The molecule has 0 aliphatic heterocycles. The van der Waals surface area contributed by atoms with Crippen LogP contribution in [0.25, 0.3) is 0 Å². The Morgan fingerprint density at radius 1 is 1.29 bits per heavy atom. The summed E-state index contributed by atoms with van der Waals surface area (Å²) in [6, 6.07) is 8.85. The molecule has 1 aromatic carbocycles. The molecule has 0 spiro atoms. The molecule has 1 amide bonds. The summed E-state index contributed by atoms with van der Waals surface area (Å²) in [5.74, 6) is -0.109. The van der Waals surface area contributed by atoms with E-state index in [2.05, 4.69) is 19.2 Å². The standard InChI is InChI=1S/C14H22N2O/c1-4-14(3,5-2)16-13(17)12(15)11-9-7-6-8-10-11/h6-10,12H,4-5,15H2,1-3H3,(H,16,17)/t12-/m0/s1. The average molecular weight is 234 g/mol. The van der Waals surface area contributed by atoms with Crippen molar-refractivity contribution in [3.63, 3.8) is 0 Å². The minimum atomic E-state index is -0.589. The summed E-state index contributed by atoms with van der Waals surface area (Å²) < 4.78 is 0. The molecule has 1 atom stereocenters. The van der Waals surface area contributed by atoms with Gasteiger partial charge in [-0.05, 0) is 25.3 Å². The van der Waals surface area contributed by atoms with Crippen LogP contribution < -0.4 is 11.1 Å². The van der Waals surface area contributed by atoms with Crippen LogP contribution >= 0.6 is 0 Å². The van der Waals surface area contributed by atoms with Crippen molar-refractivity contribution in [3.8, 4) is 0 Å². The minimum absolute atomic E-state index is 0.109. The predicted octanol–water partition coefficient (Wildman–Crippen LogP) is 2.38. The molecule has 94 valence electrons. The van der Waals surface area contributed by atoms with Gasteiger partial charge in [0.1, 0.15) is 6.04 Å². The van der Waals surface area contributed by atoms with Gasteiger partial charge in [-0.2, -0.15) is 0 Å². The molecule has 1 aromatic rings. The van der Waals surface area contributed by atoms with Crippen LogP contribution in [0.15, 0.2) is 30.3 Å². The Balaban J connectivity index is 2.71. The van der Waals surface area contributed by atoms with Gasteiger partial charge in [-0.25, -0.2) is 0 Å². The molecule has 17 heavy (non-hydrogen) atoms. The van der Waals surface area contributed by atoms with Crippen molar-refractivity contribution >= 4 is 5.91 Å². The lowest BCUT2D eigenvalue weighted by Gasteiger charge is -2.29. The number of carbonyl (C=O) groups excluding carboxylic acids is 1. The van der Waals surface area contributed by atoms with Crippen molar-refractivity contribution in [2.45, 2.75) is 45.2 Å². The third-order valence-electron chi connectivity index (χ3n) is 3.43. The van der Waals surface area contributed by atoms with E-state index in [9.17, 15) is 4.79 Å². The lowest BCUT2D eigenvalue weighted by molar-refractivity contribution is -0.124. The van der Waals surface area contributed by atoms with E-state index in [1.54, 1.807) is 0 Å². The highest BCUT2D eigenvalue weighted by Crippen LogP contribution is 2.16. The zero-order valence-electron chi connectivity index (χ0n) is 10.9. The molecule has 0 bridgehead atoms. The maximum Gasteiger partial charge on any atom is 0.241 e. The summed E-state index contributed by atoms with van der Waals surface area (Å²) in [5, 5.41) is 3.03. The highest BCUT2D eigenvalue weighted by molar-refractivity contribution is 5.83. The molecule has 3 heteroatoms. The molecule has 0 saturated heterocycles. The molecule has 3 N–H and O–H groups in total. The van der Waals surface area contributed by atoms with E-state index in [0.717, 1.165) is 18.4 Å². The Bertz CT molecular complexity index is 358. The molecule has 0 fully saturated rings. The third-order valence-corrected chi connectivity index (χ3v) is 3.43. The maximum atomic E-state index is 12.0. The molecular weight excluding hydrogens is 212 g/mol. The number of nitrogens with two attached hydrogens (primary N) is 1. The lowest BCUT2D eigenvalue weighted by Crippen LogP contribution is -2.48. The summed E-state index contributed by atoms with van der Waals surface area (Å²) in [4.78, 5) is 12.0. The van der Waals surface area contributed by atoms with Crippen molar-refractivity contribution in [2.75, 3.05) is 0 Å². The van der Waals surface area contributed by atoms with Crippen LogP contribution in [0.4, 0.5) is 0 Å². The van der Waals surface area contributed by atoms with Crippen LogP contribution in [-0.4, -0.2) is 11.4 Å². The van der Waals surface area contributed by atoms with E-state index >= 15 is 0 Å². The fraction of sp³-hybridized carbons (Fsp3) is 0.500. The first kappa shape index (κ1) is 13.7. The Hall–Kier alpha value is -1.35. The van der Waals surface area contributed by atoms with Crippen LogP contribution in [0.1, 0.15) is 45.2 Å². The summed E-state index contributed by atoms with van der Waals surface area (Å²) in [5.41, 5.74) is 6.63. The van der Waals surface area contributed by atoms with E-state index < -0.39 is 6.04 Å². The first-order chi connectivity index (χ1) is 8.02. The second kappa shape index (κ2) is 5.82. The van der Waals surface area contributed by atoms with Crippen LogP contribution in [0.2, 0.25) is 0 Å². The van der Waals surface area contributed by atoms with Gasteiger partial charge in [-0.3, -0.25) is 4.79 Å². The second-order valence-electron chi connectivity index (χ2n) is 4.65. The predicted molar refractivity (Wildman–Crippen MR) is 70.5 cm³/mol. The fourth-order valence-corrected chi connectivity index (χ4v) is 1.61. The fourth-order valence-electron chi connectivity index (χ4n) is 1.61. The van der Waals surface area contributed by atoms with E-state index in [1.165, 1.54) is 0 Å². The summed E-state index contributed by atoms with van der Waals surface area (Å²) in [6.07, 6.45) is 1.80. The van der Waals surface area contributed by atoms with Gasteiger partial charge in [0.2, 0.25) is 5.91 Å². The third kappa shape index (κ3) is 3.56. The number of hydrogen-bond acceptors (Lipinski definition) is 2. The van der Waals surface area contributed by atoms with Gasteiger partial charge < -0.3 is 11.1 Å². The smallest absolute Gasteiger partial charge is 0.241 e. The normalized spacial score (nSPS) is 13.2. The van der Waals surface area contributed by atoms with Crippen molar-refractivity contribution in [3.05, 3.63) is 35.9 Å². The Kier molecular flexibility index (Phi) is 4.70. The van der Waals surface area contributed by atoms with Gasteiger partial charge in [-0.15, -0.1) is 0 Å². The van der Waals surface area contributed by atoms with Crippen molar-refractivity contribution in [1.29, 1.82) is 0 Å². The topological polar surface area (TPSA) is 55.1 Å². The van der Waals surface area contributed by atoms with Crippen molar-refractivity contribution in [2.24, 2.45) is 5.73 Å². The van der Waals surface area contributed by atoms with Crippen LogP contribution in [0, 0.1) is 0 Å². The van der Waals surface area contributed by atoms with E-state index in [4.69, 9.17) is 5.73 Å². The van der Waals surface area contributed by atoms with Crippen molar-refractivity contribution in [1.82, 2.24) is 5.32 Å². The second-order valence-corrected chi connectivity index (χ2v) is 4.65. The molecule has 0 heterocycles. The molecule has 1 rings (SSSR count). The van der Waals surface area contributed by atoms with Gasteiger partial charge in [-0.1, -0.05) is 44.2 Å². The largest absolute Gasteiger partial charge is 0.349 e. The number of carbonyl (C=O) groups is 1. The van der Waals surface area contributed by atoms with Gasteiger partial charge >= 0.3 is 0 Å². The summed E-state index contributed by atoms with van der Waals surface area (Å²) >= 11 is 0. The van der Waals surface area contributed by atoms with Crippen LogP contribution in [0.5, 0.6) is 0 Å². The minimum Gasteiger partial charge on any atom is -0.349 e. The number of hydrogen-bond donors (Lipinski definition) is 2.